The Balaban J connectivity index is 1.23. The molecule has 2 bridgehead atoms. The molecule has 0 spiro atoms. The Morgan fingerprint density at radius 2 is 1.85 bits per heavy atom. The van der Waals surface area contributed by atoms with Gasteiger partial charge in [0.1, 0.15) is 17.7 Å². The maximum Gasteiger partial charge on any atom is 0.319 e. The summed E-state index contributed by atoms with van der Waals surface area (Å²) in [6.07, 6.45) is -1.86. The van der Waals surface area contributed by atoms with Crippen molar-refractivity contribution in [2.45, 2.75) is 30.6 Å². The quantitative estimate of drug-likeness (QED) is 0.609. The fraction of sp³-hybridized carbons (Fsp3) is 0.458. The molecule has 3 heterocycles. The van der Waals surface area contributed by atoms with E-state index in [0.29, 0.717) is 25.4 Å². The number of para-hydroxylation sites is 2. The van der Waals surface area contributed by atoms with Gasteiger partial charge in [0.25, 0.3) is 0 Å². The highest BCUT2D eigenvalue weighted by atomic mass is 19.1. The van der Waals surface area contributed by atoms with Gasteiger partial charge in [-0.3, -0.25) is 4.90 Å². The van der Waals surface area contributed by atoms with E-state index in [1.165, 1.54) is 24.3 Å². The fourth-order valence-electron chi connectivity index (χ4n) is 4.97. The number of ether oxygens (including phenoxy) is 3. The van der Waals surface area contributed by atoms with Gasteiger partial charge < -0.3 is 34.9 Å². The first-order valence-electron chi connectivity index (χ1n) is 11.4. The number of carbonyl (C=O) groups is 1. The number of piperazine rings is 1. The van der Waals surface area contributed by atoms with Gasteiger partial charge in [-0.2, -0.15) is 0 Å². The molecular formula is C24H29FN4O5. The van der Waals surface area contributed by atoms with Crippen molar-refractivity contribution in [3.8, 4) is 5.75 Å². The van der Waals surface area contributed by atoms with Crippen LogP contribution in [-0.2, 0) is 9.47 Å². The lowest BCUT2D eigenvalue weighted by Gasteiger charge is -2.47. The zero-order valence-corrected chi connectivity index (χ0v) is 18.9. The molecule has 2 aromatic rings. The molecule has 0 saturated carbocycles. The summed E-state index contributed by atoms with van der Waals surface area (Å²) in [5.41, 5.74) is 1.49. The number of aliphatic hydroxyl groups excluding tert-OH is 1. The molecule has 2 amide bonds. The van der Waals surface area contributed by atoms with E-state index >= 15 is 0 Å². The Labute approximate surface area is 197 Å². The number of halogens is 1. The number of anilines is 2. The fourth-order valence-corrected chi connectivity index (χ4v) is 4.97. The SMILES string of the molecule is COc1ccccc1N1CCN(C2C3OCC(O3)C(NC(=O)Nc3ccc(F)cc3)C2O)CC1. The van der Waals surface area contributed by atoms with E-state index in [4.69, 9.17) is 14.2 Å². The molecule has 10 heteroatoms. The number of nitrogens with one attached hydrogen (secondary N) is 2. The number of hydrogen-bond acceptors (Lipinski definition) is 7. The van der Waals surface area contributed by atoms with Gasteiger partial charge in [0.05, 0.1) is 37.6 Å². The van der Waals surface area contributed by atoms with Crippen LogP contribution in [0.5, 0.6) is 5.75 Å². The highest BCUT2D eigenvalue weighted by Crippen LogP contribution is 2.33. The van der Waals surface area contributed by atoms with Crippen LogP contribution in [-0.4, -0.2) is 86.5 Å². The molecule has 5 atom stereocenters. The highest BCUT2D eigenvalue weighted by Gasteiger charge is 2.53. The third-order valence-electron chi connectivity index (χ3n) is 6.69. The third-order valence-corrected chi connectivity index (χ3v) is 6.69. The van der Waals surface area contributed by atoms with E-state index in [1.54, 1.807) is 7.11 Å². The summed E-state index contributed by atoms with van der Waals surface area (Å²) in [5, 5.41) is 16.7. The van der Waals surface area contributed by atoms with E-state index in [1.807, 2.05) is 24.3 Å². The summed E-state index contributed by atoms with van der Waals surface area (Å²) in [7, 11) is 1.66. The summed E-state index contributed by atoms with van der Waals surface area (Å²) >= 11 is 0. The van der Waals surface area contributed by atoms with Crippen LogP contribution in [0.3, 0.4) is 0 Å². The van der Waals surface area contributed by atoms with Gasteiger partial charge in [-0.1, -0.05) is 12.1 Å². The molecule has 182 valence electrons. The summed E-state index contributed by atoms with van der Waals surface area (Å²) < 4.78 is 30.5. The first-order chi connectivity index (χ1) is 16.5. The molecule has 3 saturated heterocycles. The second-order valence-corrected chi connectivity index (χ2v) is 8.68. The topological polar surface area (TPSA) is 95.5 Å². The van der Waals surface area contributed by atoms with Crippen LogP contribution in [0.1, 0.15) is 0 Å². The number of fused-ring (bicyclic) bond motifs is 2. The second kappa shape index (κ2) is 9.75. The van der Waals surface area contributed by atoms with Crippen LogP contribution >= 0.6 is 0 Å². The van der Waals surface area contributed by atoms with Crippen molar-refractivity contribution in [3.63, 3.8) is 0 Å². The average Bonchev–Trinajstić information content (AvgIpc) is 3.29. The largest absolute Gasteiger partial charge is 0.495 e. The molecule has 34 heavy (non-hydrogen) atoms. The van der Waals surface area contributed by atoms with Crippen molar-refractivity contribution in [3.05, 3.63) is 54.3 Å². The predicted octanol–water partition coefficient (Wildman–Crippen LogP) is 1.63. The molecule has 0 aromatic heterocycles. The van der Waals surface area contributed by atoms with Crippen LogP contribution in [0.2, 0.25) is 0 Å². The van der Waals surface area contributed by atoms with Crippen LogP contribution in [0, 0.1) is 5.82 Å². The number of aliphatic hydroxyl groups is 1. The van der Waals surface area contributed by atoms with Gasteiger partial charge in [-0.25, -0.2) is 9.18 Å². The monoisotopic (exact) mass is 472 g/mol. The number of amides is 2. The summed E-state index contributed by atoms with van der Waals surface area (Å²) in [6, 6.07) is 11.9. The van der Waals surface area contributed by atoms with Gasteiger partial charge in [0.2, 0.25) is 0 Å². The number of carbonyl (C=O) groups excluding carboxylic acids is 1. The Bertz CT molecular complexity index is 1000. The number of nitrogens with zero attached hydrogens (tertiary/aromatic N) is 2. The minimum absolute atomic E-state index is 0.293. The van der Waals surface area contributed by atoms with E-state index in [-0.39, 0.29) is 5.82 Å². The Morgan fingerprint density at radius 3 is 2.59 bits per heavy atom. The van der Waals surface area contributed by atoms with E-state index in [0.717, 1.165) is 24.5 Å². The summed E-state index contributed by atoms with van der Waals surface area (Å²) in [6.45, 7) is 3.19. The van der Waals surface area contributed by atoms with Crippen molar-refractivity contribution in [1.82, 2.24) is 10.2 Å². The number of methoxy groups -OCH3 is 1. The van der Waals surface area contributed by atoms with Crippen LogP contribution in [0.4, 0.5) is 20.6 Å². The Hall–Kier alpha value is -2.92. The van der Waals surface area contributed by atoms with Crippen molar-refractivity contribution in [2.24, 2.45) is 0 Å². The Morgan fingerprint density at radius 1 is 1.12 bits per heavy atom. The van der Waals surface area contributed by atoms with Gasteiger partial charge >= 0.3 is 6.03 Å². The number of hydrogen-bond donors (Lipinski definition) is 3. The minimum atomic E-state index is -0.872. The van der Waals surface area contributed by atoms with E-state index in [9.17, 15) is 14.3 Å². The molecule has 5 rings (SSSR count). The lowest BCUT2D eigenvalue weighted by molar-refractivity contribution is -0.181. The van der Waals surface area contributed by atoms with Gasteiger partial charge in [-0.15, -0.1) is 0 Å². The molecular weight excluding hydrogens is 443 g/mol. The molecule has 9 nitrogen and oxygen atoms in total. The van der Waals surface area contributed by atoms with Crippen molar-refractivity contribution in [1.29, 1.82) is 0 Å². The van der Waals surface area contributed by atoms with Crippen molar-refractivity contribution >= 4 is 17.4 Å². The third kappa shape index (κ3) is 4.54. The molecule has 5 unspecified atom stereocenters. The van der Waals surface area contributed by atoms with Crippen LogP contribution < -0.4 is 20.3 Å². The summed E-state index contributed by atoms with van der Waals surface area (Å²) in [4.78, 5) is 17.0. The first kappa shape index (κ1) is 22.9. The van der Waals surface area contributed by atoms with E-state index < -0.39 is 36.6 Å². The zero-order valence-electron chi connectivity index (χ0n) is 18.9. The number of benzene rings is 2. The maximum atomic E-state index is 13.1. The van der Waals surface area contributed by atoms with Crippen LogP contribution in [0.25, 0.3) is 0 Å². The highest BCUT2D eigenvalue weighted by molar-refractivity contribution is 5.89. The summed E-state index contributed by atoms with van der Waals surface area (Å²) in [5.74, 6) is 0.445. The smallest absolute Gasteiger partial charge is 0.319 e. The molecule has 2 aromatic carbocycles. The lowest BCUT2D eigenvalue weighted by atomic mass is 9.94. The van der Waals surface area contributed by atoms with Crippen molar-refractivity contribution in [2.75, 3.05) is 50.1 Å². The van der Waals surface area contributed by atoms with Gasteiger partial charge in [0.15, 0.2) is 6.29 Å². The average molecular weight is 473 g/mol. The predicted molar refractivity (Wildman–Crippen MR) is 124 cm³/mol. The van der Waals surface area contributed by atoms with Gasteiger partial charge in [0, 0.05) is 31.9 Å². The normalized spacial score (nSPS) is 29.0. The number of urea groups is 1. The second-order valence-electron chi connectivity index (χ2n) is 8.68. The standard InChI is InChI=1S/C24H29FN4O5/c1-32-18-5-3-2-4-17(18)28-10-12-29(13-11-28)21-22(30)20(19-14-33-23(21)34-19)27-24(31)26-16-8-6-15(25)7-9-16/h2-9,19-23,30H,10-14H2,1H3,(H2,26,27,31). The molecule has 3 fully saturated rings. The molecule has 0 aliphatic carbocycles. The molecule has 3 aliphatic rings. The van der Waals surface area contributed by atoms with Gasteiger partial charge in [-0.05, 0) is 36.4 Å². The molecule has 0 radical (unpaired) electrons. The Kier molecular flexibility index (Phi) is 6.55. The molecule has 3 N–H and O–H groups in total. The van der Waals surface area contributed by atoms with E-state index in [2.05, 4.69) is 20.4 Å². The van der Waals surface area contributed by atoms with Crippen LogP contribution in [0.15, 0.2) is 48.5 Å². The first-order valence-corrected chi connectivity index (χ1v) is 11.4. The number of rotatable bonds is 5. The van der Waals surface area contributed by atoms with Crippen molar-refractivity contribution < 1.29 is 28.5 Å². The maximum absolute atomic E-state index is 13.1. The minimum Gasteiger partial charge on any atom is -0.495 e. The zero-order chi connectivity index (χ0) is 23.7. The lowest BCUT2D eigenvalue weighted by Crippen LogP contribution is -2.67. The molecule has 3 aliphatic heterocycles.